The first kappa shape index (κ1) is 16.4. The van der Waals surface area contributed by atoms with Gasteiger partial charge in [0.2, 0.25) is 0 Å². The van der Waals surface area contributed by atoms with E-state index in [1.54, 1.807) is 19.1 Å². The number of sulfone groups is 1. The summed E-state index contributed by atoms with van der Waals surface area (Å²) in [6, 6.07) is 4.81. The summed E-state index contributed by atoms with van der Waals surface area (Å²) in [5, 5.41) is 13.3. The van der Waals surface area contributed by atoms with E-state index < -0.39 is 15.4 Å². The average Bonchev–Trinajstić information content (AvgIpc) is 2.29. The van der Waals surface area contributed by atoms with Crippen LogP contribution in [0.3, 0.4) is 0 Å². The Labute approximate surface area is 119 Å². The Bertz CT molecular complexity index is 541. The minimum Gasteiger partial charge on any atom is -0.389 e. The summed E-state index contributed by atoms with van der Waals surface area (Å²) in [4.78, 5) is 0.226. The third-order valence-electron chi connectivity index (χ3n) is 3.04. The van der Waals surface area contributed by atoms with Gasteiger partial charge in [0, 0.05) is 29.9 Å². The molecule has 0 aliphatic rings. The molecule has 6 heteroatoms. The smallest absolute Gasteiger partial charge is 0.175 e. The molecule has 0 aliphatic carbocycles. The van der Waals surface area contributed by atoms with E-state index >= 15 is 0 Å². The summed E-state index contributed by atoms with van der Waals surface area (Å²) in [5.41, 5.74) is -0.273. The molecule has 4 nitrogen and oxygen atoms in total. The van der Waals surface area contributed by atoms with Gasteiger partial charge in [-0.1, -0.05) is 24.6 Å². The number of benzene rings is 1. The van der Waals surface area contributed by atoms with Crippen LogP contribution in [-0.2, 0) is 16.4 Å². The van der Waals surface area contributed by atoms with Crippen LogP contribution in [0.1, 0.15) is 25.8 Å². The summed E-state index contributed by atoms with van der Waals surface area (Å²) in [5.74, 6) is 0. The lowest BCUT2D eigenvalue weighted by molar-refractivity contribution is 0.0555. The highest BCUT2D eigenvalue weighted by atomic mass is 35.5. The molecule has 1 aromatic rings. The maximum absolute atomic E-state index is 11.7. The van der Waals surface area contributed by atoms with Crippen molar-refractivity contribution in [1.29, 1.82) is 0 Å². The van der Waals surface area contributed by atoms with E-state index in [0.717, 1.165) is 6.26 Å². The molecule has 0 saturated carbocycles. The summed E-state index contributed by atoms with van der Waals surface area (Å²) in [6.07, 6.45) is 1.77. The van der Waals surface area contributed by atoms with Crippen LogP contribution in [0, 0.1) is 0 Å². The van der Waals surface area contributed by atoms with Crippen molar-refractivity contribution in [2.75, 3.05) is 12.8 Å². The molecule has 0 spiro atoms. The van der Waals surface area contributed by atoms with Crippen molar-refractivity contribution in [3.05, 3.63) is 28.8 Å². The van der Waals surface area contributed by atoms with E-state index in [4.69, 9.17) is 11.6 Å². The molecule has 19 heavy (non-hydrogen) atoms. The standard InChI is InChI=1S/C13H20ClNO3S/c1-4-13(2,16)9-15-8-10-11(14)6-5-7-12(10)19(3,17)18/h5-7,15-16H,4,8-9H2,1-3H3. The van der Waals surface area contributed by atoms with E-state index in [9.17, 15) is 13.5 Å². The molecule has 0 fully saturated rings. The summed E-state index contributed by atoms with van der Waals surface area (Å²) < 4.78 is 23.4. The predicted octanol–water partition coefficient (Wildman–Crippen LogP) is 1.99. The lowest BCUT2D eigenvalue weighted by Crippen LogP contribution is -2.37. The highest BCUT2D eigenvalue weighted by molar-refractivity contribution is 7.90. The number of nitrogens with one attached hydrogen (secondary N) is 1. The van der Waals surface area contributed by atoms with Crippen molar-refractivity contribution < 1.29 is 13.5 Å². The van der Waals surface area contributed by atoms with Gasteiger partial charge in [-0.2, -0.15) is 0 Å². The Hall–Kier alpha value is -0.620. The molecule has 0 bridgehead atoms. The highest BCUT2D eigenvalue weighted by Crippen LogP contribution is 2.24. The molecule has 0 saturated heterocycles. The lowest BCUT2D eigenvalue weighted by Gasteiger charge is -2.22. The van der Waals surface area contributed by atoms with Crippen LogP contribution in [0.4, 0.5) is 0 Å². The first-order valence-corrected chi connectivity index (χ1v) is 8.35. The summed E-state index contributed by atoms with van der Waals surface area (Å²) >= 11 is 6.05. The molecule has 0 amide bonds. The van der Waals surface area contributed by atoms with Crippen molar-refractivity contribution in [3.8, 4) is 0 Å². The highest BCUT2D eigenvalue weighted by Gasteiger charge is 2.19. The monoisotopic (exact) mass is 305 g/mol. The van der Waals surface area contributed by atoms with Gasteiger partial charge in [0.1, 0.15) is 0 Å². The number of hydrogen-bond acceptors (Lipinski definition) is 4. The van der Waals surface area contributed by atoms with Gasteiger partial charge >= 0.3 is 0 Å². The fraction of sp³-hybridized carbons (Fsp3) is 0.538. The SMILES string of the molecule is CCC(C)(O)CNCc1c(Cl)cccc1S(C)(=O)=O. The lowest BCUT2D eigenvalue weighted by atomic mass is 10.0. The van der Waals surface area contributed by atoms with Crippen molar-refractivity contribution in [2.24, 2.45) is 0 Å². The summed E-state index contributed by atoms with van der Waals surface area (Å²) in [6.45, 7) is 4.29. The van der Waals surface area contributed by atoms with Gasteiger partial charge in [-0.25, -0.2) is 8.42 Å². The molecule has 0 heterocycles. The first-order chi connectivity index (χ1) is 8.67. The van der Waals surface area contributed by atoms with Crippen LogP contribution >= 0.6 is 11.6 Å². The topological polar surface area (TPSA) is 66.4 Å². The fourth-order valence-electron chi connectivity index (χ4n) is 1.64. The molecule has 1 unspecified atom stereocenters. The number of halogens is 1. The zero-order valence-electron chi connectivity index (χ0n) is 11.4. The normalized spacial score (nSPS) is 15.2. The van der Waals surface area contributed by atoms with Gasteiger partial charge in [-0.15, -0.1) is 0 Å². The molecular formula is C13H20ClNO3S. The van der Waals surface area contributed by atoms with Crippen LogP contribution in [-0.4, -0.2) is 31.9 Å². The Morgan fingerprint density at radius 3 is 2.58 bits per heavy atom. The second kappa shape index (κ2) is 6.22. The van der Waals surface area contributed by atoms with Gasteiger partial charge in [-0.05, 0) is 25.5 Å². The van der Waals surface area contributed by atoms with Crippen LogP contribution < -0.4 is 5.32 Å². The Morgan fingerprint density at radius 2 is 2.05 bits per heavy atom. The Morgan fingerprint density at radius 1 is 1.42 bits per heavy atom. The van der Waals surface area contributed by atoms with E-state index in [2.05, 4.69) is 5.32 Å². The van der Waals surface area contributed by atoms with E-state index in [-0.39, 0.29) is 4.90 Å². The maximum atomic E-state index is 11.7. The second-order valence-electron chi connectivity index (χ2n) is 4.94. The fourth-order valence-corrected chi connectivity index (χ4v) is 2.89. The molecule has 0 radical (unpaired) electrons. The van der Waals surface area contributed by atoms with Crippen molar-refractivity contribution >= 4 is 21.4 Å². The van der Waals surface area contributed by atoms with Crippen LogP contribution in [0.2, 0.25) is 5.02 Å². The van der Waals surface area contributed by atoms with E-state index in [1.807, 2.05) is 6.92 Å². The molecule has 2 N–H and O–H groups in total. The maximum Gasteiger partial charge on any atom is 0.175 e. The molecule has 1 aromatic carbocycles. The zero-order chi connectivity index (χ0) is 14.7. The van der Waals surface area contributed by atoms with Gasteiger partial charge in [0.15, 0.2) is 9.84 Å². The second-order valence-corrected chi connectivity index (χ2v) is 7.33. The van der Waals surface area contributed by atoms with E-state index in [1.165, 1.54) is 6.07 Å². The quantitative estimate of drug-likeness (QED) is 0.843. The van der Waals surface area contributed by atoms with Gasteiger partial charge < -0.3 is 10.4 Å². The minimum atomic E-state index is -3.31. The number of rotatable bonds is 6. The predicted molar refractivity (Wildman–Crippen MR) is 77.2 cm³/mol. The van der Waals surface area contributed by atoms with Crippen molar-refractivity contribution in [3.63, 3.8) is 0 Å². The molecule has 0 aromatic heterocycles. The largest absolute Gasteiger partial charge is 0.389 e. The molecule has 108 valence electrons. The molecule has 0 aliphatic heterocycles. The van der Waals surface area contributed by atoms with Crippen LogP contribution in [0.5, 0.6) is 0 Å². The zero-order valence-corrected chi connectivity index (χ0v) is 13.0. The van der Waals surface area contributed by atoms with Crippen molar-refractivity contribution in [1.82, 2.24) is 5.32 Å². The van der Waals surface area contributed by atoms with Crippen LogP contribution in [0.25, 0.3) is 0 Å². The molecule has 1 atom stereocenters. The average molecular weight is 306 g/mol. The summed E-state index contributed by atoms with van der Waals surface area (Å²) in [7, 11) is -3.31. The molecule has 1 rings (SSSR count). The van der Waals surface area contributed by atoms with Gasteiger partial charge in [-0.3, -0.25) is 0 Å². The third-order valence-corrected chi connectivity index (χ3v) is 4.58. The third kappa shape index (κ3) is 4.76. The van der Waals surface area contributed by atoms with Gasteiger partial charge in [0.05, 0.1) is 10.5 Å². The molecular weight excluding hydrogens is 286 g/mol. The van der Waals surface area contributed by atoms with E-state index in [0.29, 0.717) is 30.1 Å². The number of hydrogen-bond donors (Lipinski definition) is 2. The minimum absolute atomic E-state index is 0.226. The first-order valence-electron chi connectivity index (χ1n) is 6.08. The van der Waals surface area contributed by atoms with Crippen molar-refractivity contribution in [2.45, 2.75) is 37.3 Å². The Balaban J connectivity index is 2.90. The Kier molecular flexibility index (Phi) is 5.38. The van der Waals surface area contributed by atoms with Crippen LogP contribution in [0.15, 0.2) is 23.1 Å². The number of aliphatic hydroxyl groups is 1. The van der Waals surface area contributed by atoms with Gasteiger partial charge in [0.25, 0.3) is 0 Å².